The van der Waals surface area contributed by atoms with Gasteiger partial charge in [0, 0.05) is 31.9 Å². The van der Waals surface area contributed by atoms with Crippen LogP contribution in [0.4, 0.5) is 11.4 Å². The maximum Gasteiger partial charge on any atom is 0.256 e. The minimum atomic E-state index is -0.256. The summed E-state index contributed by atoms with van der Waals surface area (Å²) in [5, 5.41) is 3.02. The smallest absolute Gasteiger partial charge is 0.256 e. The zero-order chi connectivity index (χ0) is 22.3. The summed E-state index contributed by atoms with van der Waals surface area (Å²) in [6.45, 7) is 4.88. The van der Waals surface area contributed by atoms with Gasteiger partial charge < -0.3 is 15.1 Å². The Morgan fingerprint density at radius 2 is 1.41 bits per heavy atom. The van der Waals surface area contributed by atoms with Crippen molar-refractivity contribution >= 4 is 23.2 Å². The highest BCUT2D eigenvalue weighted by atomic mass is 16.2. The first-order chi connectivity index (χ1) is 15.7. The first kappa shape index (κ1) is 21.6. The van der Waals surface area contributed by atoms with Crippen molar-refractivity contribution in [2.45, 2.75) is 19.3 Å². The molecule has 2 amide bonds. The fourth-order valence-electron chi connectivity index (χ4n) is 4.23. The van der Waals surface area contributed by atoms with E-state index >= 15 is 0 Å². The van der Waals surface area contributed by atoms with Crippen molar-refractivity contribution < 1.29 is 9.59 Å². The van der Waals surface area contributed by atoms with E-state index in [-0.39, 0.29) is 17.7 Å². The lowest BCUT2D eigenvalue weighted by Gasteiger charge is -2.36. The molecule has 164 valence electrons. The summed E-state index contributed by atoms with van der Waals surface area (Å²) in [7, 11) is 0. The van der Waals surface area contributed by atoms with Crippen molar-refractivity contribution in [3.8, 4) is 0 Å². The zero-order valence-corrected chi connectivity index (χ0v) is 18.4. The quantitative estimate of drug-likeness (QED) is 0.616. The van der Waals surface area contributed by atoms with E-state index in [2.05, 4.69) is 22.3 Å². The average molecular weight is 428 g/mol. The molecule has 5 nitrogen and oxygen atoms in total. The summed E-state index contributed by atoms with van der Waals surface area (Å²) < 4.78 is 0. The van der Waals surface area contributed by atoms with Gasteiger partial charge in [-0.3, -0.25) is 9.59 Å². The number of nitrogens with one attached hydrogen (secondary N) is 1. The molecule has 32 heavy (non-hydrogen) atoms. The van der Waals surface area contributed by atoms with Crippen LogP contribution in [0.15, 0.2) is 84.9 Å². The van der Waals surface area contributed by atoms with E-state index in [9.17, 15) is 9.59 Å². The van der Waals surface area contributed by atoms with E-state index in [4.69, 9.17) is 0 Å². The fraction of sp³-hybridized carbons (Fsp3) is 0.259. The predicted molar refractivity (Wildman–Crippen MR) is 129 cm³/mol. The van der Waals surface area contributed by atoms with Crippen LogP contribution < -0.4 is 10.2 Å². The maximum absolute atomic E-state index is 13.3. The van der Waals surface area contributed by atoms with Crippen LogP contribution in [0.1, 0.15) is 35.2 Å². The Morgan fingerprint density at radius 3 is 2.06 bits per heavy atom. The highest BCUT2D eigenvalue weighted by molar-refractivity contribution is 6.05. The molecule has 0 spiro atoms. The Kier molecular flexibility index (Phi) is 6.85. The molecule has 1 atom stereocenters. The molecular formula is C27H29N3O2. The molecule has 0 unspecified atom stereocenters. The van der Waals surface area contributed by atoms with Gasteiger partial charge >= 0.3 is 0 Å². The fourth-order valence-corrected chi connectivity index (χ4v) is 4.23. The highest BCUT2D eigenvalue weighted by Gasteiger charge is 2.25. The van der Waals surface area contributed by atoms with Crippen molar-refractivity contribution in [3.05, 3.63) is 96.1 Å². The molecule has 3 aromatic rings. The molecule has 1 N–H and O–H groups in total. The number of nitrogens with zero attached hydrogens (tertiary/aromatic N) is 2. The summed E-state index contributed by atoms with van der Waals surface area (Å²) in [5.74, 6) is -0.386. The van der Waals surface area contributed by atoms with Crippen LogP contribution in [-0.4, -0.2) is 42.9 Å². The van der Waals surface area contributed by atoms with Gasteiger partial charge in [0.2, 0.25) is 5.91 Å². The summed E-state index contributed by atoms with van der Waals surface area (Å²) in [4.78, 5) is 30.5. The van der Waals surface area contributed by atoms with Crippen molar-refractivity contribution in [2.75, 3.05) is 36.4 Å². The third-order valence-corrected chi connectivity index (χ3v) is 6.03. The number of piperazine rings is 1. The first-order valence-corrected chi connectivity index (χ1v) is 11.2. The minimum Gasteiger partial charge on any atom is -0.368 e. The minimum absolute atomic E-state index is 0.0404. The van der Waals surface area contributed by atoms with E-state index in [1.807, 2.05) is 78.6 Å². The van der Waals surface area contributed by atoms with Gasteiger partial charge in [0.1, 0.15) is 0 Å². The van der Waals surface area contributed by atoms with Gasteiger partial charge in [-0.25, -0.2) is 0 Å². The maximum atomic E-state index is 13.3. The Morgan fingerprint density at radius 1 is 0.812 bits per heavy atom. The normalized spacial score (nSPS) is 14.7. The number of carbonyl (C=O) groups is 2. The third-order valence-electron chi connectivity index (χ3n) is 6.03. The predicted octanol–water partition coefficient (Wildman–Crippen LogP) is 4.78. The standard InChI is InChI=1S/C27H29N3O2/c1-2-23(21-11-5-3-6-12-21)26(31)28-25-16-10-9-15-24(25)27(32)30-19-17-29(18-20-30)22-13-7-4-8-14-22/h3-16,23H,2,17-20H2,1H3,(H,28,31)/t23-/m0/s1. The molecule has 3 aromatic carbocycles. The van der Waals surface area contributed by atoms with Crippen LogP contribution in [0.5, 0.6) is 0 Å². The highest BCUT2D eigenvalue weighted by Crippen LogP contribution is 2.25. The van der Waals surface area contributed by atoms with Crippen molar-refractivity contribution in [2.24, 2.45) is 0 Å². The summed E-state index contributed by atoms with van der Waals surface area (Å²) in [6, 6.07) is 27.3. The number of benzene rings is 3. The lowest BCUT2D eigenvalue weighted by atomic mass is 9.95. The lowest BCUT2D eigenvalue weighted by molar-refractivity contribution is -0.117. The van der Waals surface area contributed by atoms with Crippen molar-refractivity contribution in [3.63, 3.8) is 0 Å². The van der Waals surface area contributed by atoms with Gasteiger partial charge in [0.15, 0.2) is 0 Å². The number of anilines is 2. The van der Waals surface area contributed by atoms with Gasteiger partial charge in [-0.05, 0) is 36.2 Å². The largest absolute Gasteiger partial charge is 0.368 e. The number of hydrogen-bond donors (Lipinski definition) is 1. The van der Waals surface area contributed by atoms with E-state index in [0.717, 1.165) is 18.7 Å². The van der Waals surface area contributed by atoms with Crippen LogP contribution in [0, 0.1) is 0 Å². The van der Waals surface area contributed by atoms with Crippen LogP contribution in [0.3, 0.4) is 0 Å². The topological polar surface area (TPSA) is 52.7 Å². The van der Waals surface area contributed by atoms with Gasteiger partial charge in [-0.1, -0.05) is 67.6 Å². The molecule has 1 aliphatic rings. The average Bonchev–Trinajstić information content (AvgIpc) is 2.86. The molecule has 1 aliphatic heterocycles. The van der Waals surface area contributed by atoms with Gasteiger partial charge in [-0.15, -0.1) is 0 Å². The SMILES string of the molecule is CC[C@H](C(=O)Nc1ccccc1C(=O)N1CCN(c2ccccc2)CC1)c1ccccc1. The van der Waals surface area contributed by atoms with Gasteiger partial charge in [-0.2, -0.15) is 0 Å². The summed E-state index contributed by atoms with van der Waals surface area (Å²) in [6.07, 6.45) is 0.688. The van der Waals surface area contributed by atoms with Gasteiger partial charge in [0.05, 0.1) is 17.2 Å². The zero-order valence-electron chi connectivity index (χ0n) is 18.4. The van der Waals surface area contributed by atoms with Crippen LogP contribution in [-0.2, 0) is 4.79 Å². The Bertz CT molecular complexity index is 1040. The van der Waals surface area contributed by atoms with Crippen LogP contribution in [0.2, 0.25) is 0 Å². The van der Waals surface area contributed by atoms with Crippen molar-refractivity contribution in [1.82, 2.24) is 4.90 Å². The van der Waals surface area contributed by atoms with E-state index in [1.165, 1.54) is 5.69 Å². The van der Waals surface area contributed by atoms with Gasteiger partial charge in [0.25, 0.3) is 5.91 Å². The molecular weight excluding hydrogens is 398 g/mol. The molecule has 1 heterocycles. The first-order valence-electron chi connectivity index (χ1n) is 11.2. The number of para-hydroxylation sites is 2. The second-order valence-electron chi connectivity index (χ2n) is 8.02. The Labute approximate surface area is 189 Å². The molecule has 0 radical (unpaired) electrons. The number of hydrogen-bond acceptors (Lipinski definition) is 3. The summed E-state index contributed by atoms with van der Waals surface area (Å²) in [5.41, 5.74) is 3.27. The third kappa shape index (κ3) is 4.83. The molecule has 0 saturated carbocycles. The monoisotopic (exact) mass is 427 g/mol. The summed E-state index contributed by atoms with van der Waals surface area (Å²) >= 11 is 0. The number of rotatable bonds is 6. The molecule has 5 heteroatoms. The number of carbonyl (C=O) groups excluding carboxylic acids is 2. The Hall–Kier alpha value is -3.60. The van der Waals surface area contributed by atoms with E-state index in [1.54, 1.807) is 6.07 Å². The molecule has 1 fully saturated rings. The molecule has 0 bridgehead atoms. The van der Waals surface area contributed by atoms with E-state index < -0.39 is 0 Å². The Balaban J connectivity index is 1.45. The van der Waals surface area contributed by atoms with Crippen LogP contribution >= 0.6 is 0 Å². The van der Waals surface area contributed by atoms with Crippen LogP contribution in [0.25, 0.3) is 0 Å². The second-order valence-corrected chi connectivity index (χ2v) is 8.02. The molecule has 4 rings (SSSR count). The number of amides is 2. The lowest BCUT2D eigenvalue weighted by Crippen LogP contribution is -2.49. The molecule has 0 aromatic heterocycles. The second kappa shape index (κ2) is 10.1. The molecule has 0 aliphatic carbocycles. The molecule has 1 saturated heterocycles. The van der Waals surface area contributed by atoms with E-state index in [0.29, 0.717) is 30.8 Å². The van der Waals surface area contributed by atoms with Crippen molar-refractivity contribution in [1.29, 1.82) is 0 Å².